The maximum absolute atomic E-state index is 12.6. The van der Waals surface area contributed by atoms with E-state index in [4.69, 9.17) is 9.47 Å². The van der Waals surface area contributed by atoms with Gasteiger partial charge in [-0.25, -0.2) is 21.6 Å². The molecule has 0 radical (unpaired) electrons. The van der Waals surface area contributed by atoms with Crippen LogP contribution in [0.25, 0.3) is 0 Å². The van der Waals surface area contributed by atoms with E-state index in [0.717, 1.165) is 11.1 Å². The summed E-state index contributed by atoms with van der Waals surface area (Å²) in [5.74, 6) is -0.581. The largest absolute Gasteiger partial charge is 0.493 e. The summed E-state index contributed by atoms with van der Waals surface area (Å²) < 4.78 is 60.8. The number of carbonyl (C=O) groups excluding carboxylic acids is 1. The van der Waals surface area contributed by atoms with Crippen molar-refractivity contribution >= 4 is 25.6 Å². The fraction of sp³-hybridized carbons (Fsp3) is 0.296. The molecule has 0 saturated heterocycles. The zero-order chi connectivity index (χ0) is 26.2. The second kappa shape index (κ2) is 12.2. The fourth-order valence-electron chi connectivity index (χ4n) is 3.41. The highest BCUT2D eigenvalue weighted by Gasteiger charge is 2.18. The van der Waals surface area contributed by atoms with Crippen LogP contribution in [0.4, 0.5) is 0 Å². The second-order valence-corrected chi connectivity index (χ2v) is 12.7. The van der Waals surface area contributed by atoms with Crippen molar-refractivity contribution in [2.75, 3.05) is 24.7 Å². The number of esters is 1. The topological polar surface area (TPSA) is 104 Å². The summed E-state index contributed by atoms with van der Waals surface area (Å²) in [6.07, 6.45) is 0.401. The molecule has 0 spiro atoms. The molecular formula is C27H30O7S2. The fourth-order valence-corrected chi connectivity index (χ4v) is 5.98. The average molecular weight is 531 g/mol. The van der Waals surface area contributed by atoms with Crippen molar-refractivity contribution in [3.63, 3.8) is 0 Å². The molecule has 0 unspecified atom stereocenters. The lowest BCUT2D eigenvalue weighted by molar-refractivity contribution is 0.0501. The standard InChI is InChI=1S/C27H30O7S2/c1-21-9-13-23(14-10-21)35(29,30)19-5-17-33-26-8-4-3-7-25(26)27(28)34-18-6-20-36(31,32)24-15-11-22(2)12-16-24/h3-4,7-16H,5-6,17-20H2,1-2H3. The molecule has 0 N–H and O–H groups in total. The summed E-state index contributed by atoms with van der Waals surface area (Å²) in [5, 5.41) is 0. The zero-order valence-corrected chi connectivity index (χ0v) is 22.0. The Bertz CT molecular complexity index is 1380. The molecule has 0 heterocycles. The molecule has 9 heteroatoms. The summed E-state index contributed by atoms with van der Waals surface area (Å²) in [6.45, 7) is 3.81. The third kappa shape index (κ3) is 7.66. The van der Waals surface area contributed by atoms with Crippen LogP contribution < -0.4 is 4.74 Å². The highest BCUT2D eigenvalue weighted by molar-refractivity contribution is 7.91. The molecule has 0 saturated carbocycles. The SMILES string of the molecule is Cc1ccc(S(=O)(=O)CCCOC(=O)c2ccccc2OCCCS(=O)(=O)c2ccc(C)cc2)cc1. The van der Waals surface area contributed by atoms with Gasteiger partial charge in [-0.2, -0.15) is 0 Å². The van der Waals surface area contributed by atoms with Crippen molar-refractivity contribution in [3.8, 4) is 5.75 Å². The van der Waals surface area contributed by atoms with Gasteiger partial charge in [0.2, 0.25) is 0 Å². The smallest absolute Gasteiger partial charge is 0.341 e. The highest BCUT2D eigenvalue weighted by atomic mass is 32.2. The number of rotatable bonds is 12. The van der Waals surface area contributed by atoms with Crippen molar-refractivity contribution in [2.45, 2.75) is 36.5 Å². The normalized spacial score (nSPS) is 11.7. The number of aryl methyl sites for hydroxylation is 2. The summed E-state index contributed by atoms with van der Waals surface area (Å²) in [7, 11) is -6.89. The first-order chi connectivity index (χ1) is 17.1. The Labute approximate surface area is 212 Å². The molecule has 7 nitrogen and oxygen atoms in total. The number of sulfone groups is 2. The quantitative estimate of drug-likeness (QED) is 0.250. The van der Waals surface area contributed by atoms with Gasteiger partial charge in [-0.05, 0) is 63.1 Å². The number of ether oxygens (including phenoxy) is 2. The predicted octanol–water partition coefficient (Wildman–Crippen LogP) is 4.57. The number of hydrogen-bond donors (Lipinski definition) is 0. The summed E-state index contributed by atoms with van der Waals surface area (Å²) in [5.41, 5.74) is 2.14. The van der Waals surface area contributed by atoms with Crippen LogP contribution in [0.3, 0.4) is 0 Å². The molecule has 36 heavy (non-hydrogen) atoms. The van der Waals surface area contributed by atoms with Crippen molar-refractivity contribution in [1.82, 2.24) is 0 Å². The van der Waals surface area contributed by atoms with Crippen LogP contribution in [0.15, 0.2) is 82.6 Å². The van der Waals surface area contributed by atoms with Crippen LogP contribution in [-0.2, 0) is 24.4 Å². The second-order valence-electron chi connectivity index (χ2n) is 8.45. The van der Waals surface area contributed by atoms with Gasteiger partial charge in [0.15, 0.2) is 19.7 Å². The van der Waals surface area contributed by atoms with E-state index in [2.05, 4.69) is 0 Å². The molecule has 0 atom stereocenters. The number of carbonyl (C=O) groups is 1. The number of benzene rings is 3. The Morgan fingerprint density at radius 1 is 0.667 bits per heavy atom. The van der Waals surface area contributed by atoms with Gasteiger partial charge in [-0.3, -0.25) is 0 Å². The van der Waals surface area contributed by atoms with E-state index in [-0.39, 0.29) is 58.7 Å². The Kier molecular flexibility index (Phi) is 9.28. The maximum Gasteiger partial charge on any atom is 0.341 e. The first kappa shape index (κ1) is 27.4. The summed E-state index contributed by atoms with van der Waals surface area (Å²) in [6, 6.07) is 19.8. The molecule has 0 aliphatic heterocycles. The summed E-state index contributed by atoms with van der Waals surface area (Å²) >= 11 is 0. The van der Waals surface area contributed by atoms with Gasteiger partial charge in [0, 0.05) is 0 Å². The molecule has 0 aliphatic rings. The molecule has 3 aromatic rings. The minimum atomic E-state index is -3.46. The molecular weight excluding hydrogens is 500 g/mol. The molecule has 0 aromatic heterocycles. The average Bonchev–Trinajstić information content (AvgIpc) is 2.85. The third-order valence-electron chi connectivity index (χ3n) is 5.47. The Balaban J connectivity index is 1.48. The monoisotopic (exact) mass is 530 g/mol. The number of hydrogen-bond acceptors (Lipinski definition) is 7. The van der Waals surface area contributed by atoms with Gasteiger partial charge in [0.05, 0.1) is 34.5 Å². The van der Waals surface area contributed by atoms with Gasteiger partial charge >= 0.3 is 5.97 Å². The maximum atomic E-state index is 12.6. The van der Waals surface area contributed by atoms with E-state index in [0.29, 0.717) is 0 Å². The summed E-state index contributed by atoms with van der Waals surface area (Å²) in [4.78, 5) is 13.1. The van der Waals surface area contributed by atoms with Crippen LogP contribution in [-0.4, -0.2) is 47.5 Å². The lowest BCUT2D eigenvalue weighted by Gasteiger charge is -2.12. The minimum absolute atomic E-state index is 0.0624. The highest BCUT2D eigenvalue weighted by Crippen LogP contribution is 2.20. The number of para-hydroxylation sites is 1. The molecule has 0 amide bonds. The first-order valence-electron chi connectivity index (χ1n) is 11.6. The first-order valence-corrected chi connectivity index (χ1v) is 14.9. The Morgan fingerprint density at radius 3 is 1.67 bits per heavy atom. The van der Waals surface area contributed by atoms with Gasteiger partial charge in [0.1, 0.15) is 11.3 Å². The molecule has 192 valence electrons. The van der Waals surface area contributed by atoms with Crippen LogP contribution in [0.1, 0.15) is 34.3 Å². The van der Waals surface area contributed by atoms with Gasteiger partial charge in [-0.15, -0.1) is 0 Å². The van der Waals surface area contributed by atoms with E-state index >= 15 is 0 Å². The van der Waals surface area contributed by atoms with Crippen molar-refractivity contribution in [1.29, 1.82) is 0 Å². The molecule has 0 fully saturated rings. The van der Waals surface area contributed by atoms with Crippen molar-refractivity contribution < 1.29 is 31.1 Å². The Morgan fingerprint density at radius 2 is 1.14 bits per heavy atom. The molecule has 3 aromatic carbocycles. The lowest BCUT2D eigenvalue weighted by atomic mass is 10.2. The van der Waals surface area contributed by atoms with E-state index in [1.807, 2.05) is 13.8 Å². The van der Waals surface area contributed by atoms with Crippen LogP contribution in [0.2, 0.25) is 0 Å². The lowest BCUT2D eigenvalue weighted by Crippen LogP contribution is -2.14. The molecule has 0 bridgehead atoms. The van der Waals surface area contributed by atoms with E-state index in [1.165, 1.54) is 0 Å². The minimum Gasteiger partial charge on any atom is -0.493 e. The van der Waals surface area contributed by atoms with Gasteiger partial charge in [-0.1, -0.05) is 47.5 Å². The van der Waals surface area contributed by atoms with Crippen LogP contribution >= 0.6 is 0 Å². The molecule has 3 rings (SSSR count). The third-order valence-corrected chi connectivity index (χ3v) is 9.11. The van der Waals surface area contributed by atoms with E-state index in [1.54, 1.807) is 72.8 Å². The van der Waals surface area contributed by atoms with Crippen LogP contribution in [0.5, 0.6) is 5.75 Å². The molecule has 0 aliphatic carbocycles. The van der Waals surface area contributed by atoms with Gasteiger partial charge < -0.3 is 9.47 Å². The van der Waals surface area contributed by atoms with Crippen molar-refractivity contribution in [2.24, 2.45) is 0 Å². The van der Waals surface area contributed by atoms with E-state index in [9.17, 15) is 21.6 Å². The predicted molar refractivity (Wildman–Crippen MR) is 138 cm³/mol. The zero-order valence-electron chi connectivity index (χ0n) is 20.3. The van der Waals surface area contributed by atoms with Crippen LogP contribution in [0, 0.1) is 13.8 Å². The van der Waals surface area contributed by atoms with Gasteiger partial charge in [0.25, 0.3) is 0 Å². The Hall–Kier alpha value is -3.17. The van der Waals surface area contributed by atoms with E-state index < -0.39 is 25.6 Å². The van der Waals surface area contributed by atoms with Crippen molar-refractivity contribution in [3.05, 3.63) is 89.5 Å².